The summed E-state index contributed by atoms with van der Waals surface area (Å²) >= 11 is 3.11. The van der Waals surface area contributed by atoms with Crippen molar-refractivity contribution in [3.8, 4) is 0 Å². The minimum atomic E-state index is -0.435. The van der Waals surface area contributed by atoms with Crippen LogP contribution in [0.2, 0.25) is 0 Å². The molecule has 0 spiro atoms. The molecule has 0 saturated carbocycles. The van der Waals surface area contributed by atoms with E-state index >= 15 is 0 Å². The second-order valence-electron chi connectivity index (χ2n) is 3.33. The van der Waals surface area contributed by atoms with Gasteiger partial charge in [0.05, 0.1) is 17.2 Å². The van der Waals surface area contributed by atoms with Gasteiger partial charge in [0.15, 0.2) is 6.29 Å². The minimum Gasteiger partial charge on any atom is -0.346 e. The highest BCUT2D eigenvalue weighted by Crippen LogP contribution is 2.29. The fraction of sp³-hybridized carbons (Fsp3) is 0.400. The summed E-state index contributed by atoms with van der Waals surface area (Å²) in [6, 6.07) is 4.67. The number of halogens is 2. The number of benzene rings is 1. The van der Waals surface area contributed by atoms with Crippen molar-refractivity contribution >= 4 is 15.9 Å². The van der Waals surface area contributed by atoms with Gasteiger partial charge in [-0.15, -0.1) is 0 Å². The monoisotopic (exact) mass is 275 g/mol. The largest absolute Gasteiger partial charge is 0.346 e. The van der Waals surface area contributed by atoms with Gasteiger partial charge < -0.3 is 15.2 Å². The number of rotatable bonds is 2. The molecule has 1 aliphatic heterocycles. The van der Waals surface area contributed by atoms with Crippen LogP contribution in [0.25, 0.3) is 0 Å². The number of ether oxygens (including phenoxy) is 2. The lowest BCUT2D eigenvalue weighted by molar-refractivity contribution is -0.0586. The lowest BCUT2D eigenvalue weighted by atomic mass is 10.2. The van der Waals surface area contributed by atoms with E-state index in [1.807, 2.05) is 0 Å². The first kappa shape index (κ1) is 11.0. The lowest BCUT2D eigenvalue weighted by Gasteiger charge is -2.11. The molecule has 1 aromatic rings. The van der Waals surface area contributed by atoms with Crippen LogP contribution >= 0.6 is 15.9 Å². The Labute approximate surface area is 95.5 Å². The molecule has 2 N–H and O–H groups in total. The molecule has 15 heavy (non-hydrogen) atoms. The Bertz CT molecular complexity index is 361. The summed E-state index contributed by atoms with van der Waals surface area (Å²) in [7, 11) is 0. The Morgan fingerprint density at radius 1 is 1.53 bits per heavy atom. The zero-order valence-electron chi connectivity index (χ0n) is 7.95. The van der Waals surface area contributed by atoms with E-state index in [-0.39, 0.29) is 11.9 Å². The van der Waals surface area contributed by atoms with E-state index in [0.29, 0.717) is 17.6 Å². The third-order valence-electron chi connectivity index (χ3n) is 2.23. The molecule has 3 nitrogen and oxygen atoms in total. The summed E-state index contributed by atoms with van der Waals surface area (Å²) in [6.07, 6.45) is -0.505. The van der Waals surface area contributed by atoms with Crippen LogP contribution in [0.4, 0.5) is 4.39 Å². The first-order chi connectivity index (χ1) is 7.20. The number of nitrogens with two attached hydrogens (primary N) is 1. The van der Waals surface area contributed by atoms with Crippen molar-refractivity contribution in [2.24, 2.45) is 5.73 Å². The first-order valence-electron chi connectivity index (χ1n) is 4.63. The Kier molecular flexibility index (Phi) is 3.35. The first-order valence-corrected chi connectivity index (χ1v) is 5.42. The van der Waals surface area contributed by atoms with Crippen LogP contribution in [0.5, 0.6) is 0 Å². The van der Waals surface area contributed by atoms with E-state index in [9.17, 15) is 4.39 Å². The molecular weight excluding hydrogens is 265 g/mol. The molecule has 2 atom stereocenters. The Balaban J connectivity index is 2.13. The van der Waals surface area contributed by atoms with Crippen LogP contribution in [0, 0.1) is 5.82 Å². The van der Waals surface area contributed by atoms with E-state index in [4.69, 9.17) is 15.2 Å². The van der Waals surface area contributed by atoms with E-state index in [1.165, 1.54) is 6.07 Å². The highest BCUT2D eigenvalue weighted by atomic mass is 79.9. The zero-order chi connectivity index (χ0) is 10.8. The molecule has 0 aliphatic carbocycles. The summed E-state index contributed by atoms with van der Waals surface area (Å²) in [4.78, 5) is 0. The van der Waals surface area contributed by atoms with Gasteiger partial charge in [0.25, 0.3) is 0 Å². The van der Waals surface area contributed by atoms with Crippen LogP contribution < -0.4 is 5.73 Å². The normalized spacial score (nSPS) is 25.8. The SMILES string of the molecule is NCC1COC(c2ccc(F)c(Br)c2)O1. The van der Waals surface area contributed by atoms with E-state index in [0.717, 1.165) is 5.56 Å². The molecule has 1 aromatic carbocycles. The Morgan fingerprint density at radius 3 is 2.93 bits per heavy atom. The number of hydrogen-bond donors (Lipinski definition) is 1. The van der Waals surface area contributed by atoms with Gasteiger partial charge in [0.2, 0.25) is 0 Å². The molecule has 0 radical (unpaired) electrons. The molecule has 2 unspecified atom stereocenters. The van der Waals surface area contributed by atoms with E-state index in [1.54, 1.807) is 12.1 Å². The smallest absolute Gasteiger partial charge is 0.184 e. The molecule has 1 aliphatic rings. The van der Waals surface area contributed by atoms with Crippen molar-refractivity contribution in [1.82, 2.24) is 0 Å². The predicted molar refractivity (Wildman–Crippen MR) is 56.7 cm³/mol. The van der Waals surface area contributed by atoms with Gasteiger partial charge in [-0.3, -0.25) is 0 Å². The summed E-state index contributed by atoms with van der Waals surface area (Å²) in [5.41, 5.74) is 6.24. The maximum Gasteiger partial charge on any atom is 0.184 e. The molecular formula is C10H11BrFNO2. The molecule has 1 heterocycles. The second kappa shape index (κ2) is 4.57. The molecule has 0 bridgehead atoms. The molecule has 2 rings (SSSR count). The standard InChI is InChI=1S/C10H11BrFNO2/c11-8-3-6(1-2-9(8)12)10-14-5-7(4-13)15-10/h1-3,7,10H,4-5,13H2. The van der Waals surface area contributed by atoms with Crippen molar-refractivity contribution in [3.05, 3.63) is 34.1 Å². The maximum atomic E-state index is 13.0. The van der Waals surface area contributed by atoms with Gasteiger partial charge in [-0.05, 0) is 28.1 Å². The van der Waals surface area contributed by atoms with Crippen LogP contribution in [-0.4, -0.2) is 19.3 Å². The van der Waals surface area contributed by atoms with Gasteiger partial charge in [-0.25, -0.2) is 4.39 Å². The van der Waals surface area contributed by atoms with Gasteiger partial charge in [0.1, 0.15) is 5.82 Å². The summed E-state index contributed by atoms with van der Waals surface area (Å²) < 4.78 is 24.3. The maximum absolute atomic E-state index is 13.0. The van der Waals surface area contributed by atoms with Gasteiger partial charge in [0, 0.05) is 12.1 Å². The quantitative estimate of drug-likeness (QED) is 0.898. The Hall–Kier alpha value is -0.490. The molecule has 5 heteroatoms. The fourth-order valence-corrected chi connectivity index (χ4v) is 1.80. The lowest BCUT2D eigenvalue weighted by Crippen LogP contribution is -2.21. The number of hydrogen-bond acceptors (Lipinski definition) is 3. The summed E-state index contributed by atoms with van der Waals surface area (Å²) in [5.74, 6) is -0.299. The fourth-order valence-electron chi connectivity index (χ4n) is 1.41. The third kappa shape index (κ3) is 2.36. The summed E-state index contributed by atoms with van der Waals surface area (Å²) in [5, 5.41) is 0. The average Bonchev–Trinajstić information content (AvgIpc) is 2.70. The van der Waals surface area contributed by atoms with Crippen LogP contribution in [-0.2, 0) is 9.47 Å². The van der Waals surface area contributed by atoms with Crippen LogP contribution in [0.15, 0.2) is 22.7 Å². The minimum absolute atomic E-state index is 0.0705. The molecule has 1 fully saturated rings. The average molecular weight is 276 g/mol. The summed E-state index contributed by atoms with van der Waals surface area (Å²) in [6.45, 7) is 0.912. The van der Waals surface area contributed by atoms with Crippen molar-refractivity contribution in [2.75, 3.05) is 13.2 Å². The Morgan fingerprint density at radius 2 is 2.33 bits per heavy atom. The zero-order valence-corrected chi connectivity index (χ0v) is 9.54. The highest BCUT2D eigenvalue weighted by Gasteiger charge is 2.26. The van der Waals surface area contributed by atoms with Crippen LogP contribution in [0.1, 0.15) is 11.9 Å². The van der Waals surface area contributed by atoms with E-state index in [2.05, 4.69) is 15.9 Å². The van der Waals surface area contributed by atoms with Gasteiger partial charge >= 0.3 is 0 Å². The molecule has 0 amide bonds. The molecule has 1 saturated heterocycles. The molecule has 0 aromatic heterocycles. The van der Waals surface area contributed by atoms with E-state index < -0.39 is 6.29 Å². The highest BCUT2D eigenvalue weighted by molar-refractivity contribution is 9.10. The predicted octanol–water partition coefficient (Wildman–Crippen LogP) is 1.96. The van der Waals surface area contributed by atoms with Crippen LogP contribution in [0.3, 0.4) is 0 Å². The van der Waals surface area contributed by atoms with Gasteiger partial charge in [-0.2, -0.15) is 0 Å². The topological polar surface area (TPSA) is 44.5 Å². The van der Waals surface area contributed by atoms with Gasteiger partial charge in [-0.1, -0.05) is 6.07 Å². The van der Waals surface area contributed by atoms with Crippen molar-refractivity contribution in [1.29, 1.82) is 0 Å². The van der Waals surface area contributed by atoms with Crippen molar-refractivity contribution in [2.45, 2.75) is 12.4 Å². The van der Waals surface area contributed by atoms with Crippen molar-refractivity contribution in [3.63, 3.8) is 0 Å². The second-order valence-corrected chi connectivity index (χ2v) is 4.19. The van der Waals surface area contributed by atoms with Crippen molar-refractivity contribution < 1.29 is 13.9 Å². The third-order valence-corrected chi connectivity index (χ3v) is 2.84. The molecule has 82 valence electrons.